The van der Waals surface area contributed by atoms with Gasteiger partial charge in [0.2, 0.25) is 6.79 Å². The molecule has 5 rings (SSSR count). The normalized spacial score (nSPS) is 18.3. The van der Waals surface area contributed by atoms with Crippen molar-refractivity contribution in [2.75, 3.05) is 34.2 Å². The summed E-state index contributed by atoms with van der Waals surface area (Å²) in [5.74, 6) is -0.817. The number of fused-ring (bicyclic) bond motifs is 2. The maximum Gasteiger partial charge on any atom is 1.00 e. The van der Waals surface area contributed by atoms with Crippen LogP contribution in [0.15, 0.2) is 54.6 Å². The van der Waals surface area contributed by atoms with Crippen molar-refractivity contribution in [1.29, 1.82) is 0 Å². The number of aliphatic carboxylic acids is 1. The van der Waals surface area contributed by atoms with Crippen molar-refractivity contribution in [3.05, 3.63) is 76.9 Å². The molecule has 10 heteroatoms. The largest absolute Gasteiger partial charge is 1.00 e. The molecule has 1 N–H and O–H groups in total. The average molecular weight is 559 g/mol. The van der Waals surface area contributed by atoms with Crippen molar-refractivity contribution in [2.24, 2.45) is 5.92 Å². The number of carboxylic acid groups (broad SMARTS) is 1. The number of hydrogen-bond donors (Lipinski definition) is 1. The smallest absolute Gasteiger partial charge is 1.00 e. The van der Waals surface area contributed by atoms with Crippen molar-refractivity contribution >= 4 is 11.9 Å². The summed E-state index contributed by atoms with van der Waals surface area (Å²) in [7, 11) is 2.80. The molecule has 0 saturated carbocycles. The molecule has 3 aromatic rings. The number of benzene rings is 3. The number of methoxy groups -OCH3 is 2. The first-order valence-electron chi connectivity index (χ1n) is 12.7. The molecule has 0 radical (unpaired) electrons. The number of carboxylic acids is 1. The van der Waals surface area contributed by atoms with Crippen LogP contribution in [0.1, 0.15) is 48.9 Å². The van der Waals surface area contributed by atoms with E-state index in [0.29, 0.717) is 40.9 Å². The molecule has 0 amide bonds. The Balaban J connectivity index is 0.00000231. The number of carbonyl (C=O) groups is 2. The summed E-state index contributed by atoms with van der Waals surface area (Å²) in [6, 6.07) is 16.4. The zero-order chi connectivity index (χ0) is 27.5. The summed E-state index contributed by atoms with van der Waals surface area (Å²) in [6.07, 6.45) is 0.835. The molecule has 9 nitrogen and oxygen atoms in total. The fourth-order valence-corrected chi connectivity index (χ4v) is 5.35. The van der Waals surface area contributed by atoms with Crippen molar-refractivity contribution in [3.8, 4) is 28.7 Å². The van der Waals surface area contributed by atoms with Gasteiger partial charge in [-0.25, -0.2) is 4.79 Å². The van der Waals surface area contributed by atoms with Gasteiger partial charge in [-0.3, -0.25) is 4.79 Å². The molecule has 0 bridgehead atoms. The van der Waals surface area contributed by atoms with Crippen LogP contribution in [0.3, 0.4) is 0 Å². The second-order valence-electron chi connectivity index (χ2n) is 9.34. The summed E-state index contributed by atoms with van der Waals surface area (Å²) in [5, 5.41) is 10.7. The van der Waals surface area contributed by atoms with Crippen LogP contribution in [0.2, 0.25) is 0 Å². The standard InChI is InChI=1S/C30H30O9.Na.H/c1-4-11-36-19-7-8-20-22(13-19)28(21-9-6-18(34-2)14-24(21)37-15-26(31)35-3)29(30(32)33)27(20)17-5-10-23-25(12-17)39-16-38-23;;/h5-10,12-14,27-29H,4,11,15-16H2,1-3H3,(H,32,33);;/q;+1;-1/t27-,28+,29+;;/m0../s1. The summed E-state index contributed by atoms with van der Waals surface area (Å²) >= 11 is 0. The molecule has 0 saturated heterocycles. The third-order valence-electron chi connectivity index (χ3n) is 7.09. The van der Waals surface area contributed by atoms with Crippen molar-refractivity contribution in [1.82, 2.24) is 0 Å². The Morgan fingerprint density at radius 3 is 2.38 bits per heavy atom. The van der Waals surface area contributed by atoms with Crippen LogP contribution in [0.4, 0.5) is 0 Å². The Labute approximate surface area is 256 Å². The van der Waals surface area contributed by atoms with Gasteiger partial charge in [0.1, 0.15) is 17.2 Å². The van der Waals surface area contributed by atoms with E-state index in [1.807, 2.05) is 37.3 Å². The molecule has 3 aromatic carbocycles. The fraction of sp³-hybridized carbons (Fsp3) is 0.333. The summed E-state index contributed by atoms with van der Waals surface area (Å²) < 4.78 is 33.0. The van der Waals surface area contributed by atoms with E-state index in [2.05, 4.69) is 0 Å². The van der Waals surface area contributed by atoms with Crippen molar-refractivity contribution < 1.29 is 74.1 Å². The minimum atomic E-state index is -0.968. The minimum Gasteiger partial charge on any atom is -1.00 e. The summed E-state index contributed by atoms with van der Waals surface area (Å²) in [4.78, 5) is 25.0. The first-order chi connectivity index (χ1) is 18.9. The fourth-order valence-electron chi connectivity index (χ4n) is 5.35. The predicted octanol–water partition coefficient (Wildman–Crippen LogP) is 1.86. The Morgan fingerprint density at radius 1 is 0.900 bits per heavy atom. The minimum absolute atomic E-state index is 0. The molecule has 0 aromatic heterocycles. The van der Waals surface area contributed by atoms with E-state index in [-0.39, 0.29) is 44.4 Å². The molecular weight excluding hydrogens is 527 g/mol. The first-order valence-corrected chi connectivity index (χ1v) is 12.7. The van der Waals surface area contributed by atoms with Crippen LogP contribution in [0.25, 0.3) is 0 Å². The average Bonchev–Trinajstić information content (AvgIpc) is 3.56. The zero-order valence-electron chi connectivity index (χ0n) is 24.0. The Morgan fingerprint density at radius 2 is 1.65 bits per heavy atom. The molecule has 0 unspecified atom stereocenters. The Bertz CT molecular complexity index is 1400. The molecule has 1 aliphatic heterocycles. The van der Waals surface area contributed by atoms with Gasteiger partial charge in [0.15, 0.2) is 18.1 Å². The van der Waals surface area contributed by atoms with E-state index in [1.54, 1.807) is 24.3 Å². The maximum atomic E-state index is 13.0. The second kappa shape index (κ2) is 12.8. The van der Waals surface area contributed by atoms with E-state index in [0.717, 1.165) is 23.1 Å². The van der Waals surface area contributed by atoms with Gasteiger partial charge < -0.3 is 35.0 Å². The molecule has 3 atom stereocenters. The van der Waals surface area contributed by atoms with Crippen LogP contribution >= 0.6 is 0 Å². The number of esters is 1. The van der Waals surface area contributed by atoms with Crippen LogP contribution in [-0.2, 0) is 14.3 Å². The zero-order valence-corrected chi connectivity index (χ0v) is 25.0. The van der Waals surface area contributed by atoms with Crippen molar-refractivity contribution in [3.63, 3.8) is 0 Å². The van der Waals surface area contributed by atoms with Crippen LogP contribution < -0.4 is 53.2 Å². The topological polar surface area (TPSA) is 110 Å². The molecular formula is C30H31NaO9. The van der Waals surface area contributed by atoms with Gasteiger partial charge in [0, 0.05) is 23.5 Å². The monoisotopic (exact) mass is 558 g/mol. The van der Waals surface area contributed by atoms with E-state index in [9.17, 15) is 14.7 Å². The third-order valence-corrected chi connectivity index (χ3v) is 7.09. The molecule has 0 spiro atoms. The second-order valence-corrected chi connectivity index (χ2v) is 9.34. The van der Waals surface area contributed by atoms with Crippen LogP contribution in [-0.4, -0.2) is 51.3 Å². The van der Waals surface area contributed by atoms with Gasteiger partial charge in [-0.15, -0.1) is 0 Å². The predicted molar refractivity (Wildman–Crippen MR) is 141 cm³/mol. The van der Waals surface area contributed by atoms with Gasteiger partial charge in [0.05, 0.1) is 26.7 Å². The van der Waals surface area contributed by atoms with Gasteiger partial charge in [0.25, 0.3) is 0 Å². The molecule has 40 heavy (non-hydrogen) atoms. The SMILES string of the molecule is CCCOc1ccc2c(c1)[C@@H](c1ccc(OC)cc1OCC(=O)OC)[C@H](C(=O)O)[C@H]2c1ccc2c(c1)OCO2.[H-].[Na+]. The quantitative estimate of drug-likeness (QED) is 0.295. The van der Waals surface area contributed by atoms with Crippen LogP contribution in [0, 0.1) is 5.92 Å². The van der Waals surface area contributed by atoms with Gasteiger partial charge in [-0.2, -0.15) is 0 Å². The Kier molecular flexibility index (Phi) is 9.50. The van der Waals surface area contributed by atoms with Gasteiger partial charge >= 0.3 is 41.5 Å². The van der Waals surface area contributed by atoms with E-state index < -0.39 is 29.7 Å². The van der Waals surface area contributed by atoms with Gasteiger partial charge in [-0.1, -0.05) is 25.1 Å². The maximum absolute atomic E-state index is 13.0. The number of hydrogen-bond acceptors (Lipinski definition) is 8. The summed E-state index contributed by atoms with van der Waals surface area (Å²) in [6.45, 7) is 2.34. The van der Waals surface area contributed by atoms with E-state index >= 15 is 0 Å². The van der Waals surface area contributed by atoms with Crippen molar-refractivity contribution in [2.45, 2.75) is 25.2 Å². The summed E-state index contributed by atoms with van der Waals surface area (Å²) in [5.41, 5.74) is 3.09. The number of carbonyl (C=O) groups excluding carboxylic acids is 1. The third kappa shape index (κ3) is 5.73. The molecule has 0 fully saturated rings. The van der Waals surface area contributed by atoms with E-state index in [1.165, 1.54) is 14.2 Å². The molecule has 2 aliphatic rings. The molecule has 1 heterocycles. The first kappa shape index (κ1) is 29.6. The molecule has 206 valence electrons. The molecule has 1 aliphatic carbocycles. The Hall–Kier alpha value is -3.40. The number of ether oxygens (including phenoxy) is 6. The van der Waals surface area contributed by atoms with E-state index in [4.69, 9.17) is 28.4 Å². The number of rotatable bonds is 10. The van der Waals surface area contributed by atoms with Crippen LogP contribution in [0.5, 0.6) is 28.7 Å². The van der Waals surface area contributed by atoms with Gasteiger partial charge in [-0.05, 0) is 53.4 Å².